The van der Waals surface area contributed by atoms with Crippen molar-refractivity contribution in [1.82, 2.24) is 5.32 Å². The van der Waals surface area contributed by atoms with Crippen LogP contribution >= 0.6 is 0 Å². The van der Waals surface area contributed by atoms with Crippen LogP contribution in [0.3, 0.4) is 0 Å². The predicted octanol–water partition coefficient (Wildman–Crippen LogP) is 4.26. The molecule has 0 radical (unpaired) electrons. The number of ketones is 1. The van der Waals surface area contributed by atoms with Crippen LogP contribution in [0.1, 0.15) is 42.7 Å². The van der Waals surface area contributed by atoms with E-state index in [4.69, 9.17) is 23.7 Å². The van der Waals surface area contributed by atoms with Crippen molar-refractivity contribution in [2.45, 2.75) is 31.6 Å². The van der Waals surface area contributed by atoms with Crippen molar-refractivity contribution in [3.8, 4) is 23.0 Å². The Hall–Kier alpha value is -3.94. The van der Waals surface area contributed by atoms with Gasteiger partial charge in [-0.25, -0.2) is 4.79 Å². The number of Topliss-reactive ketones (excluding diaryl/α,β-unsaturated/α-hetero) is 1. The van der Waals surface area contributed by atoms with Gasteiger partial charge >= 0.3 is 5.97 Å². The lowest BCUT2D eigenvalue weighted by atomic mass is 9.71. The average Bonchev–Trinajstić information content (AvgIpc) is 2.90. The van der Waals surface area contributed by atoms with Gasteiger partial charge in [-0.3, -0.25) is 4.79 Å². The lowest BCUT2D eigenvalue weighted by Gasteiger charge is -2.37. The van der Waals surface area contributed by atoms with Gasteiger partial charge in [0, 0.05) is 35.0 Å². The molecule has 2 unspecified atom stereocenters. The summed E-state index contributed by atoms with van der Waals surface area (Å²) < 4.78 is 27.0. The van der Waals surface area contributed by atoms with Crippen LogP contribution in [0, 0.1) is 0 Å². The molecule has 0 saturated carbocycles. The quantitative estimate of drug-likeness (QED) is 0.572. The van der Waals surface area contributed by atoms with Crippen molar-refractivity contribution >= 4 is 11.8 Å². The van der Waals surface area contributed by atoms with E-state index in [0.717, 1.165) is 11.3 Å². The van der Waals surface area contributed by atoms with Gasteiger partial charge in [0.05, 0.1) is 47.0 Å². The number of hydrogen-bond acceptors (Lipinski definition) is 8. The highest BCUT2D eigenvalue weighted by Gasteiger charge is 2.42. The van der Waals surface area contributed by atoms with E-state index in [2.05, 4.69) is 5.32 Å². The van der Waals surface area contributed by atoms with E-state index in [9.17, 15) is 9.59 Å². The molecule has 8 heteroatoms. The molecule has 0 bridgehead atoms. The Bertz CT molecular complexity index is 1260. The number of hydrogen-bond donors (Lipinski definition) is 1. The maximum atomic E-state index is 13.8. The highest BCUT2D eigenvalue weighted by Crippen LogP contribution is 2.48. The van der Waals surface area contributed by atoms with Gasteiger partial charge in [0.2, 0.25) is 0 Å². The number of esters is 1. The summed E-state index contributed by atoms with van der Waals surface area (Å²) in [6, 6.07) is 11.1. The minimum atomic E-state index is -0.631. The number of carbonyl (C=O) groups is 2. The van der Waals surface area contributed by atoms with Gasteiger partial charge in [0.25, 0.3) is 0 Å². The van der Waals surface area contributed by atoms with Crippen LogP contribution < -0.4 is 24.3 Å². The normalized spacial score (nSPS) is 19.3. The van der Waals surface area contributed by atoms with Gasteiger partial charge < -0.3 is 29.0 Å². The molecule has 1 aliphatic carbocycles. The molecular formula is C28H31NO7. The molecule has 1 heterocycles. The number of nitrogens with one attached hydrogen (secondary N) is 1. The van der Waals surface area contributed by atoms with E-state index in [-0.39, 0.29) is 11.7 Å². The number of ether oxygens (including phenoxy) is 5. The zero-order valence-electron chi connectivity index (χ0n) is 21.4. The fraction of sp³-hybridized carbons (Fsp3) is 0.357. The molecule has 1 aliphatic heterocycles. The van der Waals surface area contributed by atoms with Crippen molar-refractivity contribution < 1.29 is 33.3 Å². The number of allylic oxidation sites excluding steroid dienone is 3. The third-order valence-electron chi connectivity index (χ3n) is 6.86. The SMILES string of the molecule is COC(=O)C1=C(C)NC2=C(C(=O)CC(c3ccc(OC)c(OC)c3)C2)C1c1ccc(OC)cc1OC. The number of dihydropyridines is 1. The third kappa shape index (κ3) is 4.39. The standard InChI is InChI=1S/C28H31NO7/c1-15-25(28(31)36-6)26(19-9-8-18(32-2)14-23(19)34-4)27-20(29-15)11-17(12-21(27)30)16-7-10-22(33-3)24(13-16)35-5/h7-10,13-14,17,26,29H,11-12H2,1-6H3. The van der Waals surface area contributed by atoms with E-state index >= 15 is 0 Å². The minimum absolute atomic E-state index is 0.0414. The Morgan fingerprint density at radius 1 is 0.861 bits per heavy atom. The Morgan fingerprint density at radius 3 is 2.22 bits per heavy atom. The van der Waals surface area contributed by atoms with Gasteiger partial charge in [0.1, 0.15) is 11.5 Å². The fourth-order valence-electron chi connectivity index (χ4n) is 5.13. The summed E-state index contributed by atoms with van der Waals surface area (Å²) in [7, 11) is 7.64. The lowest BCUT2D eigenvalue weighted by molar-refractivity contribution is -0.136. The summed E-state index contributed by atoms with van der Waals surface area (Å²) in [6.07, 6.45) is 0.885. The van der Waals surface area contributed by atoms with Crippen LogP contribution in [0.2, 0.25) is 0 Å². The molecule has 2 atom stereocenters. The summed E-state index contributed by atoms with van der Waals surface area (Å²) in [6.45, 7) is 1.82. The smallest absolute Gasteiger partial charge is 0.336 e. The first kappa shape index (κ1) is 25.2. The van der Waals surface area contributed by atoms with Crippen molar-refractivity contribution in [1.29, 1.82) is 0 Å². The van der Waals surface area contributed by atoms with Gasteiger partial charge in [0.15, 0.2) is 17.3 Å². The molecule has 2 aromatic rings. The van der Waals surface area contributed by atoms with Gasteiger partial charge in [-0.2, -0.15) is 0 Å². The van der Waals surface area contributed by atoms with Crippen molar-refractivity contribution in [2.75, 3.05) is 35.5 Å². The summed E-state index contributed by atoms with van der Waals surface area (Å²) in [5.41, 5.74) is 4.06. The third-order valence-corrected chi connectivity index (χ3v) is 6.86. The van der Waals surface area contributed by atoms with E-state index < -0.39 is 11.9 Å². The summed E-state index contributed by atoms with van der Waals surface area (Å²) in [4.78, 5) is 26.7. The van der Waals surface area contributed by atoms with E-state index in [1.165, 1.54) is 7.11 Å². The van der Waals surface area contributed by atoms with Crippen molar-refractivity contribution in [2.24, 2.45) is 0 Å². The Kier molecular flexibility index (Phi) is 7.24. The van der Waals surface area contributed by atoms with Crippen LogP contribution in [0.4, 0.5) is 0 Å². The zero-order valence-corrected chi connectivity index (χ0v) is 21.4. The maximum Gasteiger partial charge on any atom is 0.336 e. The monoisotopic (exact) mass is 493 g/mol. The summed E-state index contributed by atoms with van der Waals surface area (Å²) in [5, 5.41) is 3.34. The van der Waals surface area contributed by atoms with Crippen LogP contribution in [0.15, 0.2) is 58.9 Å². The van der Waals surface area contributed by atoms with Crippen molar-refractivity contribution in [3.63, 3.8) is 0 Å². The largest absolute Gasteiger partial charge is 0.497 e. The fourth-order valence-corrected chi connectivity index (χ4v) is 5.13. The van der Waals surface area contributed by atoms with E-state index in [1.807, 2.05) is 31.2 Å². The highest BCUT2D eigenvalue weighted by molar-refractivity contribution is 6.04. The number of carbonyl (C=O) groups excluding carboxylic acids is 2. The van der Waals surface area contributed by atoms with Gasteiger partial charge in [-0.05, 0) is 43.0 Å². The highest BCUT2D eigenvalue weighted by atomic mass is 16.5. The second kappa shape index (κ2) is 10.4. The summed E-state index contributed by atoms with van der Waals surface area (Å²) >= 11 is 0. The molecule has 0 saturated heterocycles. The van der Waals surface area contributed by atoms with E-state index in [1.54, 1.807) is 40.6 Å². The second-order valence-electron chi connectivity index (χ2n) is 8.73. The molecule has 0 fully saturated rings. The molecule has 2 aromatic carbocycles. The van der Waals surface area contributed by atoms with Gasteiger partial charge in [-0.15, -0.1) is 0 Å². The van der Waals surface area contributed by atoms with Crippen LogP contribution in [-0.2, 0) is 14.3 Å². The molecule has 36 heavy (non-hydrogen) atoms. The lowest BCUT2D eigenvalue weighted by Crippen LogP contribution is -2.36. The first-order valence-corrected chi connectivity index (χ1v) is 11.6. The first-order chi connectivity index (χ1) is 17.4. The molecule has 8 nitrogen and oxygen atoms in total. The average molecular weight is 494 g/mol. The van der Waals surface area contributed by atoms with E-state index in [0.29, 0.717) is 58.2 Å². The Morgan fingerprint density at radius 2 is 1.58 bits per heavy atom. The predicted molar refractivity (Wildman–Crippen MR) is 134 cm³/mol. The molecular weight excluding hydrogens is 462 g/mol. The molecule has 0 spiro atoms. The van der Waals surface area contributed by atoms with Crippen LogP contribution in [0.25, 0.3) is 0 Å². The number of methoxy groups -OCH3 is 5. The molecule has 0 aromatic heterocycles. The molecule has 1 N–H and O–H groups in total. The number of rotatable bonds is 7. The van der Waals surface area contributed by atoms with Crippen LogP contribution in [-0.4, -0.2) is 47.3 Å². The topological polar surface area (TPSA) is 92.3 Å². The zero-order chi connectivity index (χ0) is 26.0. The molecule has 4 rings (SSSR count). The molecule has 2 aliphatic rings. The first-order valence-electron chi connectivity index (χ1n) is 11.6. The Balaban J connectivity index is 1.82. The second-order valence-corrected chi connectivity index (χ2v) is 8.73. The molecule has 0 amide bonds. The van der Waals surface area contributed by atoms with Crippen molar-refractivity contribution in [3.05, 3.63) is 70.1 Å². The maximum absolute atomic E-state index is 13.8. The summed E-state index contributed by atoms with van der Waals surface area (Å²) in [5.74, 6) is 1.16. The minimum Gasteiger partial charge on any atom is -0.497 e. The number of benzene rings is 2. The Labute approximate surface area is 210 Å². The van der Waals surface area contributed by atoms with Gasteiger partial charge in [-0.1, -0.05) is 12.1 Å². The molecule has 190 valence electrons. The van der Waals surface area contributed by atoms with Crippen LogP contribution in [0.5, 0.6) is 23.0 Å².